The Kier molecular flexibility index (Phi) is 3.46. The number of nitriles is 1. The minimum atomic E-state index is -0.136. The predicted octanol–water partition coefficient (Wildman–Crippen LogP) is 4.41. The number of benzene rings is 1. The van der Waals surface area contributed by atoms with E-state index in [2.05, 4.69) is 38.1 Å². The summed E-state index contributed by atoms with van der Waals surface area (Å²) in [5.41, 5.74) is 2.46. The average molecular weight is 269 g/mol. The van der Waals surface area contributed by atoms with Crippen LogP contribution in [0.4, 0.5) is 0 Å². The predicted molar refractivity (Wildman–Crippen MR) is 79.6 cm³/mol. The van der Waals surface area contributed by atoms with Crippen LogP contribution < -0.4 is 4.74 Å². The highest BCUT2D eigenvalue weighted by Gasteiger charge is 2.42. The largest absolute Gasteiger partial charge is 0.490 e. The topological polar surface area (TPSA) is 33.0 Å². The fraction of sp³-hybridized carbons (Fsp3) is 0.611. The lowest BCUT2D eigenvalue weighted by atomic mass is 9.80. The summed E-state index contributed by atoms with van der Waals surface area (Å²) < 4.78 is 6.07. The highest BCUT2D eigenvalue weighted by Crippen LogP contribution is 2.47. The van der Waals surface area contributed by atoms with Gasteiger partial charge in [-0.2, -0.15) is 5.26 Å². The van der Waals surface area contributed by atoms with Crippen LogP contribution in [-0.4, -0.2) is 6.10 Å². The highest BCUT2D eigenvalue weighted by molar-refractivity contribution is 5.40. The first-order chi connectivity index (χ1) is 9.64. The van der Waals surface area contributed by atoms with E-state index in [0.717, 1.165) is 37.4 Å². The molecule has 1 saturated carbocycles. The summed E-state index contributed by atoms with van der Waals surface area (Å²) in [6.45, 7) is 4.36. The molecule has 1 aliphatic heterocycles. The molecule has 2 nitrogen and oxygen atoms in total. The van der Waals surface area contributed by atoms with Gasteiger partial charge in [-0.15, -0.1) is 0 Å². The molecule has 1 fully saturated rings. The zero-order chi connectivity index (χ0) is 14.2. The Morgan fingerprint density at radius 2 is 2.30 bits per heavy atom. The third kappa shape index (κ3) is 2.42. The lowest BCUT2D eigenvalue weighted by Crippen LogP contribution is -2.25. The third-order valence-corrected chi connectivity index (χ3v) is 5.10. The van der Waals surface area contributed by atoms with Crippen LogP contribution in [0.3, 0.4) is 0 Å². The van der Waals surface area contributed by atoms with Crippen LogP contribution in [0.2, 0.25) is 0 Å². The second-order valence-corrected chi connectivity index (χ2v) is 6.67. The zero-order valence-electron chi connectivity index (χ0n) is 12.5. The number of ether oxygens (including phenoxy) is 1. The van der Waals surface area contributed by atoms with Gasteiger partial charge in [-0.25, -0.2) is 0 Å². The van der Waals surface area contributed by atoms with Gasteiger partial charge in [-0.1, -0.05) is 31.0 Å². The van der Waals surface area contributed by atoms with Gasteiger partial charge in [0.15, 0.2) is 0 Å². The minimum absolute atomic E-state index is 0.136. The lowest BCUT2D eigenvalue weighted by molar-refractivity contribution is 0.166. The summed E-state index contributed by atoms with van der Waals surface area (Å²) >= 11 is 0. The molecule has 2 aliphatic rings. The second kappa shape index (κ2) is 5.13. The van der Waals surface area contributed by atoms with Crippen LogP contribution in [0.15, 0.2) is 18.2 Å². The molecule has 1 aliphatic carbocycles. The van der Waals surface area contributed by atoms with Crippen LogP contribution in [-0.2, 0) is 6.42 Å². The van der Waals surface area contributed by atoms with E-state index < -0.39 is 0 Å². The Labute approximate surface area is 121 Å². The molecule has 20 heavy (non-hydrogen) atoms. The van der Waals surface area contributed by atoms with Crippen molar-refractivity contribution < 1.29 is 4.74 Å². The van der Waals surface area contributed by atoms with Crippen molar-refractivity contribution in [3.63, 3.8) is 0 Å². The molecule has 3 unspecified atom stereocenters. The van der Waals surface area contributed by atoms with E-state index in [-0.39, 0.29) is 11.5 Å². The first-order valence-electron chi connectivity index (χ1n) is 7.81. The quantitative estimate of drug-likeness (QED) is 0.814. The monoisotopic (exact) mass is 269 g/mol. The van der Waals surface area contributed by atoms with Crippen molar-refractivity contribution in [2.75, 3.05) is 0 Å². The maximum Gasteiger partial charge on any atom is 0.123 e. The van der Waals surface area contributed by atoms with Crippen LogP contribution in [0, 0.1) is 29.6 Å². The fourth-order valence-electron chi connectivity index (χ4n) is 3.92. The Hall–Kier alpha value is -1.49. The Bertz CT molecular complexity index is 545. The molecule has 106 valence electrons. The summed E-state index contributed by atoms with van der Waals surface area (Å²) in [5, 5.41) is 9.65. The number of aryl methyl sites for hydroxylation is 1. The number of nitrogens with zero attached hydrogens (tertiary/aromatic N) is 1. The van der Waals surface area contributed by atoms with Crippen LogP contribution in [0.1, 0.15) is 50.2 Å². The van der Waals surface area contributed by atoms with Gasteiger partial charge in [0.25, 0.3) is 0 Å². The van der Waals surface area contributed by atoms with Crippen molar-refractivity contribution in [3.05, 3.63) is 29.3 Å². The second-order valence-electron chi connectivity index (χ2n) is 6.67. The van der Waals surface area contributed by atoms with E-state index in [1.807, 2.05) is 0 Å². The first-order valence-corrected chi connectivity index (χ1v) is 7.81. The van der Waals surface area contributed by atoms with Gasteiger partial charge in [0.05, 0.1) is 11.5 Å². The molecule has 0 amide bonds. The molecular formula is C18H23NO. The molecular weight excluding hydrogens is 246 g/mol. The van der Waals surface area contributed by atoms with E-state index in [1.54, 1.807) is 0 Å². The summed E-state index contributed by atoms with van der Waals surface area (Å²) in [7, 11) is 0. The van der Waals surface area contributed by atoms with Crippen LogP contribution >= 0.6 is 0 Å². The fourth-order valence-corrected chi connectivity index (χ4v) is 3.92. The standard InChI is InChI=1S/C18H23NO/c1-3-14-6-7-18(10-14,12-19)11-16-9-15-8-13(2)4-5-17(15)20-16/h4-5,8,14,16H,3,6-7,9-11H2,1-2H3. The van der Waals surface area contributed by atoms with Gasteiger partial charge >= 0.3 is 0 Å². The molecule has 3 rings (SSSR count). The van der Waals surface area contributed by atoms with Crippen molar-refractivity contribution in [2.45, 2.75) is 58.5 Å². The highest BCUT2D eigenvalue weighted by atomic mass is 16.5. The number of fused-ring (bicyclic) bond motifs is 1. The molecule has 1 aromatic rings. The maximum atomic E-state index is 9.65. The van der Waals surface area contributed by atoms with Crippen molar-refractivity contribution in [1.29, 1.82) is 5.26 Å². The molecule has 0 saturated heterocycles. The molecule has 1 aromatic carbocycles. The smallest absolute Gasteiger partial charge is 0.123 e. The first kappa shape index (κ1) is 13.5. The number of hydrogen-bond acceptors (Lipinski definition) is 2. The average Bonchev–Trinajstić information content (AvgIpc) is 3.02. The Morgan fingerprint density at radius 3 is 3.00 bits per heavy atom. The Balaban J connectivity index is 1.70. The number of hydrogen-bond donors (Lipinski definition) is 0. The third-order valence-electron chi connectivity index (χ3n) is 5.10. The molecule has 2 heteroatoms. The van der Waals surface area contributed by atoms with E-state index in [1.165, 1.54) is 24.0 Å². The van der Waals surface area contributed by atoms with Gasteiger partial charge in [-0.3, -0.25) is 0 Å². The van der Waals surface area contributed by atoms with Crippen molar-refractivity contribution >= 4 is 0 Å². The summed E-state index contributed by atoms with van der Waals surface area (Å²) in [4.78, 5) is 0. The molecule has 1 heterocycles. The van der Waals surface area contributed by atoms with Gasteiger partial charge < -0.3 is 4.74 Å². The SMILES string of the molecule is CCC1CCC(C#N)(CC2Cc3cc(C)ccc3O2)C1. The molecule has 0 bridgehead atoms. The van der Waals surface area contributed by atoms with E-state index in [0.29, 0.717) is 0 Å². The summed E-state index contributed by atoms with van der Waals surface area (Å²) in [5.74, 6) is 1.76. The molecule has 3 atom stereocenters. The summed E-state index contributed by atoms with van der Waals surface area (Å²) in [6.07, 6.45) is 6.59. The van der Waals surface area contributed by atoms with E-state index in [9.17, 15) is 5.26 Å². The lowest BCUT2D eigenvalue weighted by Gasteiger charge is -2.24. The van der Waals surface area contributed by atoms with Gasteiger partial charge in [0.1, 0.15) is 11.9 Å². The molecule has 0 spiro atoms. The van der Waals surface area contributed by atoms with Gasteiger partial charge in [-0.05, 0) is 43.7 Å². The van der Waals surface area contributed by atoms with Gasteiger partial charge in [0.2, 0.25) is 0 Å². The van der Waals surface area contributed by atoms with Crippen molar-refractivity contribution in [1.82, 2.24) is 0 Å². The maximum absolute atomic E-state index is 9.65. The number of rotatable bonds is 3. The van der Waals surface area contributed by atoms with E-state index >= 15 is 0 Å². The van der Waals surface area contributed by atoms with Crippen molar-refractivity contribution in [2.24, 2.45) is 11.3 Å². The Morgan fingerprint density at radius 1 is 1.45 bits per heavy atom. The molecule has 0 N–H and O–H groups in total. The molecule has 0 radical (unpaired) electrons. The van der Waals surface area contributed by atoms with Crippen LogP contribution in [0.5, 0.6) is 5.75 Å². The van der Waals surface area contributed by atoms with Gasteiger partial charge in [0, 0.05) is 12.8 Å². The van der Waals surface area contributed by atoms with E-state index in [4.69, 9.17) is 4.74 Å². The van der Waals surface area contributed by atoms with Crippen LogP contribution in [0.25, 0.3) is 0 Å². The minimum Gasteiger partial charge on any atom is -0.490 e. The molecule has 0 aromatic heterocycles. The summed E-state index contributed by atoms with van der Waals surface area (Å²) in [6, 6.07) is 9.02. The van der Waals surface area contributed by atoms with Crippen molar-refractivity contribution in [3.8, 4) is 11.8 Å². The normalized spacial score (nSPS) is 31.6. The zero-order valence-corrected chi connectivity index (χ0v) is 12.5.